The first-order valence-electron chi connectivity index (χ1n) is 9.93. The highest BCUT2D eigenvalue weighted by Gasteiger charge is 2.45. The molecule has 3 rings (SSSR count). The third kappa shape index (κ3) is 5.03. The molecule has 3 amide bonds. The largest absolute Gasteiger partial charge is 0.453 e. The number of hydrogen-bond acceptors (Lipinski definition) is 4. The normalized spacial score (nSPS) is 18.4. The zero-order valence-corrected chi connectivity index (χ0v) is 16.5. The summed E-state index contributed by atoms with van der Waals surface area (Å²) in [6, 6.07) is 10.3. The Hall–Kier alpha value is -2.57. The number of amides is 3. The summed E-state index contributed by atoms with van der Waals surface area (Å²) in [6.45, 7) is 2.80. The van der Waals surface area contributed by atoms with E-state index in [0.717, 1.165) is 38.8 Å². The Morgan fingerprint density at radius 2 is 1.89 bits per heavy atom. The molecule has 2 heterocycles. The molecule has 0 bridgehead atoms. The van der Waals surface area contributed by atoms with Crippen LogP contribution in [0.15, 0.2) is 30.3 Å². The lowest BCUT2D eigenvalue weighted by Crippen LogP contribution is -2.47. The SMILES string of the molecule is COC(=O)NCC(=O)N1CCC2(CC1)CC(=O)N(CCCc1ccccc1)C2. The number of rotatable bonds is 6. The summed E-state index contributed by atoms with van der Waals surface area (Å²) in [6.07, 6.45) is 3.59. The monoisotopic (exact) mass is 387 g/mol. The number of alkyl carbamates (subject to hydrolysis) is 1. The molecule has 1 aromatic carbocycles. The van der Waals surface area contributed by atoms with Gasteiger partial charge in [0, 0.05) is 38.0 Å². The first kappa shape index (κ1) is 20.2. The van der Waals surface area contributed by atoms with E-state index in [0.29, 0.717) is 19.5 Å². The van der Waals surface area contributed by atoms with Gasteiger partial charge in [0.15, 0.2) is 0 Å². The molecule has 7 heteroatoms. The van der Waals surface area contributed by atoms with Crippen LogP contribution in [0.4, 0.5) is 4.79 Å². The first-order valence-corrected chi connectivity index (χ1v) is 9.93. The van der Waals surface area contributed by atoms with Gasteiger partial charge in [-0.05, 0) is 31.2 Å². The fraction of sp³-hybridized carbons (Fsp3) is 0.571. The number of aryl methyl sites for hydroxylation is 1. The van der Waals surface area contributed by atoms with Gasteiger partial charge in [-0.3, -0.25) is 9.59 Å². The maximum atomic E-state index is 12.5. The van der Waals surface area contributed by atoms with Gasteiger partial charge in [-0.1, -0.05) is 30.3 Å². The van der Waals surface area contributed by atoms with Crippen molar-refractivity contribution in [2.45, 2.75) is 32.1 Å². The molecule has 0 aliphatic carbocycles. The molecular formula is C21H29N3O4. The fourth-order valence-corrected chi connectivity index (χ4v) is 4.20. The molecule has 1 spiro atoms. The average Bonchev–Trinajstić information content (AvgIpc) is 3.02. The number of carbonyl (C=O) groups is 3. The number of carbonyl (C=O) groups excluding carboxylic acids is 3. The van der Waals surface area contributed by atoms with Gasteiger partial charge >= 0.3 is 6.09 Å². The zero-order valence-electron chi connectivity index (χ0n) is 16.5. The molecule has 1 N–H and O–H groups in total. The molecule has 7 nitrogen and oxygen atoms in total. The quantitative estimate of drug-likeness (QED) is 0.808. The molecule has 0 aromatic heterocycles. The second-order valence-electron chi connectivity index (χ2n) is 7.81. The van der Waals surface area contributed by atoms with Crippen LogP contribution in [0.3, 0.4) is 0 Å². The predicted octanol–water partition coefficient (Wildman–Crippen LogP) is 1.82. The van der Waals surface area contributed by atoms with E-state index in [1.54, 1.807) is 4.90 Å². The van der Waals surface area contributed by atoms with Crippen molar-refractivity contribution in [3.8, 4) is 0 Å². The second kappa shape index (κ2) is 9.08. The third-order valence-corrected chi connectivity index (χ3v) is 5.89. The van der Waals surface area contributed by atoms with Gasteiger partial charge in [0.1, 0.15) is 6.54 Å². The van der Waals surface area contributed by atoms with Gasteiger partial charge in [0.05, 0.1) is 7.11 Å². The molecular weight excluding hydrogens is 358 g/mol. The number of likely N-dealkylation sites (tertiary alicyclic amines) is 2. The lowest BCUT2D eigenvalue weighted by Gasteiger charge is -2.38. The molecule has 0 radical (unpaired) electrons. The van der Waals surface area contributed by atoms with Gasteiger partial charge < -0.3 is 19.9 Å². The molecule has 2 fully saturated rings. The van der Waals surface area contributed by atoms with Crippen molar-refractivity contribution >= 4 is 17.9 Å². The topological polar surface area (TPSA) is 79.0 Å². The minimum Gasteiger partial charge on any atom is -0.453 e. The number of nitrogens with one attached hydrogen (secondary N) is 1. The van der Waals surface area contributed by atoms with Crippen LogP contribution in [0.25, 0.3) is 0 Å². The molecule has 2 aliphatic rings. The number of hydrogen-bond donors (Lipinski definition) is 1. The van der Waals surface area contributed by atoms with Crippen LogP contribution >= 0.6 is 0 Å². The van der Waals surface area contributed by atoms with E-state index < -0.39 is 6.09 Å². The van der Waals surface area contributed by atoms with Crippen molar-refractivity contribution in [1.82, 2.24) is 15.1 Å². The van der Waals surface area contributed by atoms with Crippen LogP contribution < -0.4 is 5.32 Å². The Labute approximate surface area is 166 Å². The highest BCUT2D eigenvalue weighted by Crippen LogP contribution is 2.41. The molecule has 1 aromatic rings. The molecule has 0 atom stereocenters. The maximum absolute atomic E-state index is 12.5. The number of benzene rings is 1. The fourth-order valence-electron chi connectivity index (χ4n) is 4.20. The van der Waals surface area contributed by atoms with Gasteiger partial charge in [0.25, 0.3) is 0 Å². The van der Waals surface area contributed by atoms with Gasteiger partial charge in [0.2, 0.25) is 11.8 Å². The predicted molar refractivity (Wildman–Crippen MR) is 105 cm³/mol. The average molecular weight is 387 g/mol. The van der Waals surface area contributed by atoms with Crippen LogP contribution in [0, 0.1) is 5.41 Å². The van der Waals surface area contributed by atoms with E-state index in [1.165, 1.54) is 12.7 Å². The Kier molecular flexibility index (Phi) is 6.54. The van der Waals surface area contributed by atoms with Crippen LogP contribution in [-0.2, 0) is 20.7 Å². The minimum atomic E-state index is -0.602. The summed E-state index contributed by atoms with van der Waals surface area (Å²) < 4.78 is 4.48. The van der Waals surface area contributed by atoms with Gasteiger partial charge in [-0.15, -0.1) is 0 Å². The van der Waals surface area contributed by atoms with Crippen LogP contribution in [0.2, 0.25) is 0 Å². The molecule has 2 aliphatic heterocycles. The third-order valence-electron chi connectivity index (χ3n) is 5.89. The van der Waals surface area contributed by atoms with Gasteiger partial charge in [-0.25, -0.2) is 4.79 Å². The number of nitrogens with zero attached hydrogens (tertiary/aromatic N) is 2. The van der Waals surface area contributed by atoms with E-state index in [-0.39, 0.29) is 23.8 Å². The van der Waals surface area contributed by atoms with Crippen LogP contribution in [-0.4, -0.2) is 67.5 Å². The van der Waals surface area contributed by atoms with Gasteiger partial charge in [-0.2, -0.15) is 0 Å². The highest BCUT2D eigenvalue weighted by atomic mass is 16.5. The first-order chi connectivity index (χ1) is 13.5. The summed E-state index contributed by atoms with van der Waals surface area (Å²) in [5, 5.41) is 2.43. The van der Waals surface area contributed by atoms with Crippen molar-refractivity contribution in [3.63, 3.8) is 0 Å². The lowest BCUT2D eigenvalue weighted by atomic mass is 9.77. The highest BCUT2D eigenvalue weighted by molar-refractivity contribution is 5.82. The summed E-state index contributed by atoms with van der Waals surface area (Å²) in [4.78, 5) is 39.6. The van der Waals surface area contributed by atoms with Crippen LogP contribution in [0.5, 0.6) is 0 Å². The van der Waals surface area contributed by atoms with E-state index in [9.17, 15) is 14.4 Å². The van der Waals surface area contributed by atoms with Crippen molar-refractivity contribution in [2.24, 2.45) is 5.41 Å². The number of methoxy groups -OCH3 is 1. The summed E-state index contributed by atoms with van der Waals surface area (Å²) in [5.41, 5.74) is 1.30. The Bertz CT molecular complexity index is 699. The standard InChI is InChI=1S/C21H29N3O4/c1-28-20(27)22-15-19(26)23-12-9-21(10-13-23)14-18(25)24(16-21)11-5-8-17-6-3-2-4-7-17/h2-4,6-7H,5,8-16H2,1H3,(H,22,27). The lowest BCUT2D eigenvalue weighted by molar-refractivity contribution is -0.132. The minimum absolute atomic E-state index is 0.00358. The van der Waals surface area contributed by atoms with E-state index in [4.69, 9.17) is 0 Å². The summed E-state index contributed by atoms with van der Waals surface area (Å²) >= 11 is 0. The summed E-state index contributed by atoms with van der Waals surface area (Å²) in [7, 11) is 1.27. The summed E-state index contributed by atoms with van der Waals surface area (Å²) in [5.74, 6) is 0.129. The molecule has 0 saturated carbocycles. The van der Waals surface area contributed by atoms with Crippen molar-refractivity contribution < 1.29 is 19.1 Å². The Morgan fingerprint density at radius 3 is 2.57 bits per heavy atom. The molecule has 152 valence electrons. The number of ether oxygens (including phenoxy) is 1. The van der Waals surface area contributed by atoms with Crippen molar-refractivity contribution in [1.29, 1.82) is 0 Å². The van der Waals surface area contributed by atoms with Crippen molar-refractivity contribution in [2.75, 3.05) is 39.8 Å². The van der Waals surface area contributed by atoms with E-state index in [1.807, 2.05) is 23.1 Å². The maximum Gasteiger partial charge on any atom is 0.407 e. The molecule has 0 unspecified atom stereocenters. The van der Waals surface area contributed by atoms with Crippen LogP contribution in [0.1, 0.15) is 31.2 Å². The Morgan fingerprint density at radius 1 is 1.18 bits per heavy atom. The molecule has 28 heavy (non-hydrogen) atoms. The van der Waals surface area contributed by atoms with Crippen molar-refractivity contribution in [3.05, 3.63) is 35.9 Å². The second-order valence-corrected chi connectivity index (χ2v) is 7.81. The Balaban J connectivity index is 1.43. The molecule has 2 saturated heterocycles. The van der Waals surface area contributed by atoms with E-state index >= 15 is 0 Å². The zero-order chi connectivity index (χ0) is 20.0. The number of piperidine rings is 1. The smallest absolute Gasteiger partial charge is 0.407 e. The van der Waals surface area contributed by atoms with E-state index in [2.05, 4.69) is 22.2 Å².